The minimum absolute atomic E-state index is 0.241. The average molecular weight is 407 g/mol. The lowest BCUT2D eigenvalue weighted by Crippen LogP contribution is -1.99. The van der Waals surface area contributed by atoms with Gasteiger partial charge in [-0.05, 0) is 60.4 Å². The van der Waals surface area contributed by atoms with Gasteiger partial charge in [0.2, 0.25) is 0 Å². The van der Waals surface area contributed by atoms with Gasteiger partial charge < -0.3 is 0 Å². The molecule has 0 N–H and O–H groups in total. The van der Waals surface area contributed by atoms with Gasteiger partial charge >= 0.3 is 0 Å². The van der Waals surface area contributed by atoms with E-state index >= 15 is 0 Å². The Balaban J connectivity index is 2.49. The lowest BCUT2D eigenvalue weighted by Gasteiger charge is -2.16. The molecule has 4 heteroatoms. The number of rotatable bonds is 2. The zero-order valence-electron chi connectivity index (χ0n) is 10.5. The van der Waals surface area contributed by atoms with Crippen LogP contribution in [0.3, 0.4) is 0 Å². The maximum Gasteiger partial charge on any atom is 0.123 e. The SMILES string of the molecule is Cc1cc(Br)c(C(Cl)c2ccc(F)cc2C)cc1Br. The predicted octanol–water partition coefficient (Wildman–Crippen LogP) is 6.30. The van der Waals surface area contributed by atoms with Crippen molar-refractivity contribution in [2.75, 3.05) is 0 Å². The Labute approximate surface area is 134 Å². The number of halogens is 4. The van der Waals surface area contributed by atoms with Gasteiger partial charge in [-0.1, -0.05) is 37.9 Å². The molecule has 0 aliphatic heterocycles. The lowest BCUT2D eigenvalue weighted by molar-refractivity contribution is 0.625. The van der Waals surface area contributed by atoms with Crippen LogP contribution >= 0.6 is 43.5 Å². The van der Waals surface area contributed by atoms with Crippen molar-refractivity contribution in [2.24, 2.45) is 0 Å². The maximum absolute atomic E-state index is 13.1. The Morgan fingerprint density at radius 2 is 1.63 bits per heavy atom. The summed E-state index contributed by atoms with van der Waals surface area (Å²) in [5.74, 6) is -0.241. The Hall–Kier alpha value is -0.380. The van der Waals surface area contributed by atoms with Crippen molar-refractivity contribution in [1.82, 2.24) is 0 Å². The minimum atomic E-state index is -0.313. The molecule has 0 radical (unpaired) electrons. The average Bonchev–Trinajstić information content (AvgIpc) is 2.33. The molecular formula is C15H12Br2ClF. The van der Waals surface area contributed by atoms with Crippen LogP contribution in [-0.4, -0.2) is 0 Å². The Bertz CT molecular complexity index is 626. The number of alkyl halides is 1. The van der Waals surface area contributed by atoms with Crippen molar-refractivity contribution in [2.45, 2.75) is 19.2 Å². The number of benzene rings is 2. The van der Waals surface area contributed by atoms with Gasteiger partial charge in [0.05, 0.1) is 5.38 Å². The van der Waals surface area contributed by atoms with Crippen LogP contribution in [0, 0.1) is 19.7 Å². The van der Waals surface area contributed by atoms with E-state index in [-0.39, 0.29) is 11.2 Å². The molecular weight excluding hydrogens is 394 g/mol. The third kappa shape index (κ3) is 3.21. The molecule has 0 amide bonds. The van der Waals surface area contributed by atoms with E-state index in [4.69, 9.17) is 11.6 Å². The summed E-state index contributed by atoms with van der Waals surface area (Å²) in [6.45, 7) is 3.88. The van der Waals surface area contributed by atoms with Crippen LogP contribution in [0.25, 0.3) is 0 Å². The Morgan fingerprint density at radius 1 is 0.947 bits per heavy atom. The highest BCUT2D eigenvalue weighted by atomic mass is 79.9. The largest absolute Gasteiger partial charge is 0.207 e. The fourth-order valence-electron chi connectivity index (χ4n) is 1.95. The van der Waals surface area contributed by atoms with Crippen LogP contribution in [-0.2, 0) is 0 Å². The van der Waals surface area contributed by atoms with Crippen molar-refractivity contribution in [3.05, 3.63) is 67.3 Å². The van der Waals surface area contributed by atoms with Gasteiger partial charge in [0.25, 0.3) is 0 Å². The fourth-order valence-corrected chi connectivity index (χ4v) is 3.55. The molecule has 1 atom stereocenters. The van der Waals surface area contributed by atoms with Crippen LogP contribution in [0.5, 0.6) is 0 Å². The van der Waals surface area contributed by atoms with E-state index in [0.717, 1.165) is 31.2 Å². The van der Waals surface area contributed by atoms with E-state index in [0.29, 0.717) is 0 Å². The van der Waals surface area contributed by atoms with Gasteiger partial charge in [-0.2, -0.15) is 0 Å². The molecule has 0 saturated carbocycles. The second-order valence-corrected chi connectivity index (χ2v) is 6.63. The summed E-state index contributed by atoms with van der Waals surface area (Å²) in [7, 11) is 0. The molecule has 0 spiro atoms. The van der Waals surface area contributed by atoms with Crippen molar-refractivity contribution in [1.29, 1.82) is 0 Å². The van der Waals surface area contributed by atoms with Crippen LogP contribution in [0.1, 0.15) is 27.6 Å². The molecule has 2 aromatic carbocycles. The van der Waals surface area contributed by atoms with E-state index < -0.39 is 0 Å². The molecule has 0 aliphatic rings. The van der Waals surface area contributed by atoms with E-state index in [1.165, 1.54) is 12.1 Å². The van der Waals surface area contributed by atoms with Crippen LogP contribution in [0.2, 0.25) is 0 Å². The third-order valence-electron chi connectivity index (χ3n) is 3.06. The quantitative estimate of drug-likeness (QED) is 0.514. The Kier molecular flexibility index (Phi) is 4.70. The first kappa shape index (κ1) is 15.0. The van der Waals surface area contributed by atoms with E-state index in [2.05, 4.69) is 31.9 Å². The van der Waals surface area contributed by atoms with E-state index in [1.54, 1.807) is 6.07 Å². The number of hydrogen-bond donors (Lipinski definition) is 0. The number of hydrogen-bond acceptors (Lipinski definition) is 0. The first-order chi connectivity index (χ1) is 8.90. The first-order valence-corrected chi connectivity index (χ1v) is 7.78. The van der Waals surface area contributed by atoms with Crippen molar-refractivity contribution in [3.8, 4) is 0 Å². The van der Waals surface area contributed by atoms with Crippen molar-refractivity contribution < 1.29 is 4.39 Å². The zero-order valence-corrected chi connectivity index (χ0v) is 14.4. The number of aryl methyl sites for hydroxylation is 2. The Morgan fingerprint density at radius 3 is 2.26 bits per heavy atom. The lowest BCUT2D eigenvalue weighted by atomic mass is 9.99. The van der Waals surface area contributed by atoms with Gasteiger partial charge in [0, 0.05) is 8.95 Å². The summed E-state index contributed by atoms with van der Waals surface area (Å²) in [5.41, 5.74) is 3.87. The van der Waals surface area contributed by atoms with Gasteiger partial charge in [-0.3, -0.25) is 0 Å². The standard InChI is InChI=1S/C15H12Br2ClF/c1-8-5-10(19)3-4-11(8)15(18)12-7-13(16)9(2)6-14(12)17/h3-7,15H,1-2H3. The zero-order chi connectivity index (χ0) is 14.2. The normalized spacial score (nSPS) is 12.5. The van der Waals surface area contributed by atoms with E-state index in [1.807, 2.05) is 26.0 Å². The monoisotopic (exact) mass is 404 g/mol. The molecule has 0 heterocycles. The van der Waals surface area contributed by atoms with E-state index in [9.17, 15) is 4.39 Å². The summed E-state index contributed by atoms with van der Waals surface area (Å²) in [6, 6.07) is 8.70. The smallest absolute Gasteiger partial charge is 0.123 e. The molecule has 2 aromatic rings. The van der Waals surface area contributed by atoms with Crippen LogP contribution in [0.4, 0.5) is 4.39 Å². The molecule has 0 aromatic heterocycles. The summed E-state index contributed by atoms with van der Waals surface area (Å²) in [5, 5.41) is -0.313. The molecule has 0 aliphatic carbocycles. The third-order valence-corrected chi connectivity index (χ3v) is 5.07. The first-order valence-electron chi connectivity index (χ1n) is 5.76. The molecule has 0 bridgehead atoms. The summed E-state index contributed by atoms with van der Waals surface area (Å²) in [6.07, 6.45) is 0. The van der Waals surface area contributed by atoms with Gasteiger partial charge in [0.15, 0.2) is 0 Å². The second kappa shape index (κ2) is 5.94. The van der Waals surface area contributed by atoms with Crippen molar-refractivity contribution >= 4 is 43.5 Å². The predicted molar refractivity (Wildman–Crippen MR) is 85.4 cm³/mol. The molecule has 100 valence electrons. The van der Waals surface area contributed by atoms with Gasteiger partial charge in [-0.15, -0.1) is 11.6 Å². The summed E-state index contributed by atoms with van der Waals surface area (Å²) >= 11 is 13.6. The van der Waals surface area contributed by atoms with Gasteiger partial charge in [0.1, 0.15) is 5.82 Å². The fraction of sp³-hybridized carbons (Fsp3) is 0.200. The molecule has 1 unspecified atom stereocenters. The maximum atomic E-state index is 13.1. The highest BCUT2D eigenvalue weighted by Crippen LogP contribution is 2.38. The second-order valence-electron chi connectivity index (χ2n) is 4.49. The van der Waals surface area contributed by atoms with Crippen LogP contribution in [0.15, 0.2) is 39.3 Å². The topological polar surface area (TPSA) is 0 Å². The molecule has 19 heavy (non-hydrogen) atoms. The highest BCUT2D eigenvalue weighted by molar-refractivity contribution is 9.11. The molecule has 0 fully saturated rings. The summed E-state index contributed by atoms with van der Waals surface area (Å²) in [4.78, 5) is 0. The van der Waals surface area contributed by atoms with Crippen LogP contribution < -0.4 is 0 Å². The molecule has 2 rings (SSSR count). The summed E-state index contributed by atoms with van der Waals surface area (Å²) < 4.78 is 15.1. The van der Waals surface area contributed by atoms with Crippen molar-refractivity contribution in [3.63, 3.8) is 0 Å². The van der Waals surface area contributed by atoms with Gasteiger partial charge in [-0.25, -0.2) is 4.39 Å². The molecule has 0 saturated heterocycles. The highest BCUT2D eigenvalue weighted by Gasteiger charge is 2.17. The minimum Gasteiger partial charge on any atom is -0.207 e. The molecule has 0 nitrogen and oxygen atoms in total.